The van der Waals surface area contributed by atoms with Gasteiger partial charge in [-0.1, -0.05) is 0 Å². The normalized spacial score (nSPS) is 16.5. The third-order valence-electron chi connectivity index (χ3n) is 3.96. The van der Waals surface area contributed by atoms with E-state index >= 15 is 0 Å². The average molecular weight is 278 g/mol. The number of non-ortho nitro benzene ring substituents is 1. The van der Waals surface area contributed by atoms with Crippen LogP contribution in [0.4, 0.5) is 17.1 Å². The third-order valence-corrected chi connectivity index (χ3v) is 3.96. The summed E-state index contributed by atoms with van der Waals surface area (Å²) >= 11 is 0. The lowest BCUT2D eigenvalue weighted by Crippen LogP contribution is -2.42. The van der Waals surface area contributed by atoms with E-state index < -0.39 is 0 Å². The second-order valence-electron chi connectivity index (χ2n) is 5.43. The van der Waals surface area contributed by atoms with E-state index in [1.807, 2.05) is 6.07 Å². The molecule has 0 unspecified atom stereocenters. The molecule has 1 heterocycles. The largest absolute Gasteiger partial charge is 0.388 e. The van der Waals surface area contributed by atoms with Crippen LogP contribution in [0, 0.1) is 10.1 Å². The number of nitro groups is 1. The predicted octanol–water partition coefficient (Wildman–Crippen LogP) is 2.17. The monoisotopic (exact) mass is 278 g/mol. The van der Waals surface area contributed by atoms with Crippen LogP contribution in [-0.2, 0) is 0 Å². The SMILES string of the molecule is CNc1cc(N2CCC(N(C)C)CC2)cc([N+](=O)[O-])c1. The Morgan fingerprint density at radius 3 is 2.45 bits per heavy atom. The zero-order chi connectivity index (χ0) is 14.7. The van der Waals surface area contributed by atoms with Gasteiger partial charge in [-0.25, -0.2) is 0 Å². The van der Waals surface area contributed by atoms with Crippen LogP contribution in [0.3, 0.4) is 0 Å². The lowest BCUT2D eigenvalue weighted by atomic mass is 10.0. The van der Waals surface area contributed by atoms with Crippen LogP contribution >= 0.6 is 0 Å². The number of hydrogen-bond acceptors (Lipinski definition) is 5. The first kappa shape index (κ1) is 14.6. The van der Waals surface area contributed by atoms with Crippen LogP contribution in [0.2, 0.25) is 0 Å². The lowest BCUT2D eigenvalue weighted by Gasteiger charge is -2.36. The molecule has 6 heteroatoms. The second kappa shape index (κ2) is 6.09. The zero-order valence-corrected chi connectivity index (χ0v) is 12.3. The van der Waals surface area contributed by atoms with Crippen molar-refractivity contribution >= 4 is 17.1 Å². The molecule has 1 N–H and O–H groups in total. The van der Waals surface area contributed by atoms with E-state index in [2.05, 4.69) is 29.2 Å². The summed E-state index contributed by atoms with van der Waals surface area (Å²) in [5.74, 6) is 0. The van der Waals surface area contributed by atoms with E-state index in [0.717, 1.165) is 37.3 Å². The number of rotatable bonds is 4. The number of nitrogens with one attached hydrogen (secondary N) is 1. The summed E-state index contributed by atoms with van der Waals surface area (Å²) in [5, 5.41) is 14.0. The molecule has 0 saturated carbocycles. The Bertz CT molecular complexity index is 482. The fraction of sp³-hybridized carbons (Fsp3) is 0.571. The van der Waals surface area contributed by atoms with E-state index in [0.29, 0.717) is 6.04 Å². The van der Waals surface area contributed by atoms with E-state index in [1.54, 1.807) is 19.2 Å². The Hall–Kier alpha value is -1.82. The first-order valence-electron chi connectivity index (χ1n) is 6.90. The Kier molecular flexibility index (Phi) is 4.44. The summed E-state index contributed by atoms with van der Waals surface area (Å²) in [6.07, 6.45) is 2.18. The number of anilines is 2. The van der Waals surface area contributed by atoms with Gasteiger partial charge in [-0.05, 0) is 33.0 Å². The first-order valence-corrected chi connectivity index (χ1v) is 6.90. The van der Waals surface area contributed by atoms with Gasteiger partial charge in [-0.3, -0.25) is 10.1 Å². The van der Waals surface area contributed by atoms with Crippen molar-refractivity contribution in [3.63, 3.8) is 0 Å². The standard InChI is InChI=1S/C14H22N4O2/c1-15-11-8-13(10-14(9-11)18(19)20)17-6-4-12(5-7-17)16(2)3/h8-10,12,15H,4-7H2,1-3H3. The molecule has 1 aromatic rings. The van der Waals surface area contributed by atoms with E-state index in [9.17, 15) is 10.1 Å². The highest BCUT2D eigenvalue weighted by Crippen LogP contribution is 2.29. The predicted molar refractivity (Wildman–Crippen MR) is 81.6 cm³/mol. The van der Waals surface area contributed by atoms with Crippen molar-refractivity contribution in [2.75, 3.05) is 44.4 Å². The van der Waals surface area contributed by atoms with E-state index in [1.165, 1.54) is 0 Å². The lowest BCUT2D eigenvalue weighted by molar-refractivity contribution is -0.384. The Morgan fingerprint density at radius 2 is 1.95 bits per heavy atom. The van der Waals surface area contributed by atoms with Crippen molar-refractivity contribution in [3.05, 3.63) is 28.3 Å². The Balaban J connectivity index is 2.17. The van der Waals surface area contributed by atoms with Crippen molar-refractivity contribution < 1.29 is 4.92 Å². The van der Waals surface area contributed by atoms with Gasteiger partial charge in [0.15, 0.2) is 0 Å². The van der Waals surface area contributed by atoms with Gasteiger partial charge in [0.05, 0.1) is 4.92 Å². The molecule has 1 fully saturated rings. The Labute approximate surface area is 119 Å². The molecule has 0 spiro atoms. The molecule has 6 nitrogen and oxygen atoms in total. The number of hydrogen-bond donors (Lipinski definition) is 1. The molecule has 0 amide bonds. The fourth-order valence-corrected chi connectivity index (χ4v) is 2.67. The van der Waals surface area contributed by atoms with Crippen LogP contribution < -0.4 is 10.2 Å². The van der Waals surface area contributed by atoms with Crippen molar-refractivity contribution in [3.8, 4) is 0 Å². The van der Waals surface area contributed by atoms with Gasteiger partial charge in [-0.2, -0.15) is 0 Å². The zero-order valence-electron chi connectivity index (χ0n) is 12.3. The molecular formula is C14H22N4O2. The quantitative estimate of drug-likeness (QED) is 0.675. The molecule has 110 valence electrons. The van der Waals surface area contributed by atoms with Crippen molar-refractivity contribution in [1.82, 2.24) is 4.90 Å². The number of piperidine rings is 1. The molecule has 0 aromatic heterocycles. The summed E-state index contributed by atoms with van der Waals surface area (Å²) in [7, 11) is 5.99. The highest BCUT2D eigenvalue weighted by atomic mass is 16.6. The van der Waals surface area contributed by atoms with Gasteiger partial charge in [0.1, 0.15) is 0 Å². The smallest absolute Gasteiger partial charge is 0.273 e. The molecule has 2 rings (SSSR count). The van der Waals surface area contributed by atoms with Gasteiger partial charge >= 0.3 is 0 Å². The maximum Gasteiger partial charge on any atom is 0.273 e. The molecule has 0 bridgehead atoms. The summed E-state index contributed by atoms with van der Waals surface area (Å²) in [5.41, 5.74) is 1.85. The summed E-state index contributed by atoms with van der Waals surface area (Å²) in [4.78, 5) is 15.1. The van der Waals surface area contributed by atoms with Crippen LogP contribution in [-0.4, -0.2) is 50.1 Å². The molecule has 1 aliphatic rings. The molecule has 1 saturated heterocycles. The molecule has 0 radical (unpaired) electrons. The number of benzene rings is 1. The van der Waals surface area contributed by atoms with Crippen LogP contribution in [0.15, 0.2) is 18.2 Å². The van der Waals surface area contributed by atoms with Crippen molar-refractivity contribution in [1.29, 1.82) is 0 Å². The summed E-state index contributed by atoms with van der Waals surface area (Å²) in [6, 6.07) is 5.81. The maximum atomic E-state index is 11.0. The minimum absolute atomic E-state index is 0.140. The van der Waals surface area contributed by atoms with Gasteiger partial charge in [0.2, 0.25) is 0 Å². The third kappa shape index (κ3) is 3.19. The van der Waals surface area contributed by atoms with Gasteiger partial charge < -0.3 is 15.1 Å². The molecular weight excluding hydrogens is 256 g/mol. The number of nitrogens with zero attached hydrogens (tertiary/aromatic N) is 3. The summed E-state index contributed by atoms with van der Waals surface area (Å²) in [6.45, 7) is 1.88. The van der Waals surface area contributed by atoms with Crippen LogP contribution in [0.5, 0.6) is 0 Å². The van der Waals surface area contributed by atoms with Crippen LogP contribution in [0.25, 0.3) is 0 Å². The Morgan fingerprint density at radius 1 is 1.30 bits per heavy atom. The number of nitro benzene ring substituents is 1. The summed E-state index contributed by atoms with van der Waals surface area (Å²) < 4.78 is 0. The molecule has 20 heavy (non-hydrogen) atoms. The fourth-order valence-electron chi connectivity index (χ4n) is 2.67. The van der Waals surface area contributed by atoms with Gasteiger partial charge in [0.25, 0.3) is 5.69 Å². The molecule has 1 aliphatic heterocycles. The van der Waals surface area contributed by atoms with Crippen molar-refractivity contribution in [2.24, 2.45) is 0 Å². The minimum Gasteiger partial charge on any atom is -0.388 e. The van der Waals surface area contributed by atoms with E-state index in [-0.39, 0.29) is 10.6 Å². The highest BCUT2D eigenvalue weighted by molar-refractivity contribution is 5.64. The maximum absolute atomic E-state index is 11.0. The van der Waals surface area contributed by atoms with Crippen molar-refractivity contribution in [2.45, 2.75) is 18.9 Å². The molecule has 0 atom stereocenters. The topological polar surface area (TPSA) is 61.6 Å². The molecule has 0 aliphatic carbocycles. The second-order valence-corrected chi connectivity index (χ2v) is 5.43. The van der Waals surface area contributed by atoms with Gasteiger partial charge in [0, 0.05) is 49.7 Å². The highest BCUT2D eigenvalue weighted by Gasteiger charge is 2.22. The minimum atomic E-state index is -0.336. The van der Waals surface area contributed by atoms with Crippen LogP contribution in [0.1, 0.15) is 12.8 Å². The first-order chi connectivity index (χ1) is 9.51. The van der Waals surface area contributed by atoms with E-state index in [4.69, 9.17) is 0 Å². The van der Waals surface area contributed by atoms with Gasteiger partial charge in [-0.15, -0.1) is 0 Å². The molecule has 1 aromatic carbocycles. The average Bonchev–Trinajstić information content (AvgIpc) is 2.46.